The summed E-state index contributed by atoms with van der Waals surface area (Å²) in [7, 11) is 0. The van der Waals surface area contributed by atoms with Gasteiger partial charge in [0.05, 0.1) is 6.04 Å². The predicted octanol–water partition coefficient (Wildman–Crippen LogP) is 2.63. The number of carbonyl (C=O) groups is 1. The molecule has 0 aromatic heterocycles. The summed E-state index contributed by atoms with van der Waals surface area (Å²) < 4.78 is 5.11. The van der Waals surface area contributed by atoms with E-state index in [4.69, 9.17) is 4.74 Å². The summed E-state index contributed by atoms with van der Waals surface area (Å²) in [5, 5.41) is 2.80. The lowest BCUT2D eigenvalue weighted by molar-refractivity contribution is 0.137. The monoisotopic (exact) mass is 217 g/mol. The third-order valence-corrected chi connectivity index (χ3v) is 2.53. The van der Waals surface area contributed by atoms with Crippen LogP contribution < -0.4 is 5.32 Å². The Labute approximate surface area is 95.1 Å². The molecule has 1 amide bonds. The van der Waals surface area contributed by atoms with Gasteiger partial charge in [0.2, 0.25) is 0 Å². The fraction of sp³-hybridized carbons (Fsp3) is 0.308. The molecule has 1 unspecified atom stereocenters. The molecule has 0 aliphatic heterocycles. The zero-order valence-electron chi connectivity index (χ0n) is 9.06. The van der Waals surface area contributed by atoms with Crippen LogP contribution in [0.15, 0.2) is 42.5 Å². The van der Waals surface area contributed by atoms with Crippen molar-refractivity contribution in [3.63, 3.8) is 0 Å². The highest BCUT2D eigenvalue weighted by molar-refractivity contribution is 5.68. The van der Waals surface area contributed by atoms with Gasteiger partial charge in [0.1, 0.15) is 6.61 Å². The van der Waals surface area contributed by atoms with Gasteiger partial charge in [-0.2, -0.15) is 0 Å². The van der Waals surface area contributed by atoms with E-state index in [0.717, 1.165) is 18.4 Å². The molecule has 0 spiro atoms. The number of nitrogens with one attached hydrogen (secondary N) is 1. The lowest BCUT2D eigenvalue weighted by Crippen LogP contribution is -2.32. The first-order valence-electron chi connectivity index (χ1n) is 5.48. The van der Waals surface area contributed by atoms with E-state index < -0.39 is 0 Å². The van der Waals surface area contributed by atoms with Crippen LogP contribution in [0.4, 0.5) is 4.79 Å². The number of amides is 1. The largest absolute Gasteiger partial charge is 0.445 e. The van der Waals surface area contributed by atoms with Crippen molar-refractivity contribution in [3.8, 4) is 0 Å². The highest BCUT2D eigenvalue weighted by Crippen LogP contribution is 2.09. The molecule has 3 heteroatoms. The Bertz CT molecular complexity index is 373. The van der Waals surface area contributed by atoms with E-state index in [9.17, 15) is 4.79 Å². The maximum absolute atomic E-state index is 11.4. The first-order valence-corrected chi connectivity index (χ1v) is 5.48. The first-order chi connectivity index (χ1) is 7.84. The maximum Gasteiger partial charge on any atom is 0.407 e. The number of carbonyl (C=O) groups excluding carboxylic acids is 1. The molecule has 0 radical (unpaired) electrons. The fourth-order valence-corrected chi connectivity index (χ4v) is 1.67. The average molecular weight is 217 g/mol. The van der Waals surface area contributed by atoms with Crippen molar-refractivity contribution in [2.24, 2.45) is 0 Å². The number of rotatable bonds is 3. The summed E-state index contributed by atoms with van der Waals surface area (Å²) in [4.78, 5) is 11.4. The average Bonchev–Trinajstić information content (AvgIpc) is 2.81. The molecule has 0 heterocycles. The fourth-order valence-electron chi connectivity index (χ4n) is 1.67. The smallest absolute Gasteiger partial charge is 0.407 e. The summed E-state index contributed by atoms with van der Waals surface area (Å²) in [6.07, 6.45) is 5.73. The van der Waals surface area contributed by atoms with Gasteiger partial charge in [-0.25, -0.2) is 4.79 Å². The van der Waals surface area contributed by atoms with Crippen molar-refractivity contribution >= 4 is 6.09 Å². The quantitative estimate of drug-likeness (QED) is 0.790. The van der Waals surface area contributed by atoms with Gasteiger partial charge in [0.25, 0.3) is 0 Å². The Hall–Kier alpha value is -1.77. The Morgan fingerprint density at radius 2 is 2.19 bits per heavy atom. The molecule has 1 aromatic rings. The first kappa shape index (κ1) is 10.7. The Morgan fingerprint density at radius 1 is 1.38 bits per heavy atom. The second-order valence-corrected chi connectivity index (χ2v) is 3.82. The Morgan fingerprint density at radius 3 is 2.88 bits per heavy atom. The predicted molar refractivity (Wildman–Crippen MR) is 61.9 cm³/mol. The third-order valence-electron chi connectivity index (χ3n) is 2.53. The highest BCUT2D eigenvalue weighted by Gasteiger charge is 2.12. The summed E-state index contributed by atoms with van der Waals surface area (Å²) in [6.45, 7) is 0.323. The molecular formula is C13H15NO2. The molecule has 0 fully saturated rings. The van der Waals surface area contributed by atoms with Crippen molar-refractivity contribution in [2.75, 3.05) is 0 Å². The molecule has 1 aliphatic rings. The lowest BCUT2D eigenvalue weighted by Gasteiger charge is -2.11. The maximum atomic E-state index is 11.4. The van der Waals surface area contributed by atoms with Crippen LogP contribution in [-0.4, -0.2) is 12.1 Å². The van der Waals surface area contributed by atoms with E-state index in [0.29, 0.717) is 6.61 Å². The van der Waals surface area contributed by atoms with Crippen LogP contribution in [0, 0.1) is 0 Å². The van der Waals surface area contributed by atoms with Crippen molar-refractivity contribution in [1.82, 2.24) is 5.32 Å². The van der Waals surface area contributed by atoms with Gasteiger partial charge in [-0.3, -0.25) is 0 Å². The van der Waals surface area contributed by atoms with Crippen LogP contribution in [0.3, 0.4) is 0 Å². The summed E-state index contributed by atoms with van der Waals surface area (Å²) >= 11 is 0. The molecule has 0 saturated carbocycles. The van der Waals surface area contributed by atoms with Gasteiger partial charge < -0.3 is 10.1 Å². The molecule has 0 bridgehead atoms. The second kappa shape index (κ2) is 5.35. The number of hydrogen-bond donors (Lipinski definition) is 1. The van der Waals surface area contributed by atoms with Gasteiger partial charge in [-0.05, 0) is 18.4 Å². The van der Waals surface area contributed by atoms with E-state index in [1.807, 2.05) is 36.4 Å². The van der Waals surface area contributed by atoms with Crippen LogP contribution in [-0.2, 0) is 11.3 Å². The van der Waals surface area contributed by atoms with Crippen molar-refractivity contribution in [3.05, 3.63) is 48.0 Å². The molecule has 1 aromatic carbocycles. The van der Waals surface area contributed by atoms with Crippen molar-refractivity contribution in [2.45, 2.75) is 25.5 Å². The van der Waals surface area contributed by atoms with Crippen LogP contribution in [0.5, 0.6) is 0 Å². The number of benzene rings is 1. The third kappa shape index (κ3) is 3.12. The number of ether oxygens (including phenoxy) is 1. The number of hydrogen-bond acceptors (Lipinski definition) is 2. The van der Waals surface area contributed by atoms with Crippen LogP contribution in [0.1, 0.15) is 18.4 Å². The van der Waals surface area contributed by atoms with Crippen molar-refractivity contribution in [1.29, 1.82) is 0 Å². The van der Waals surface area contributed by atoms with Crippen LogP contribution in [0.25, 0.3) is 0 Å². The normalized spacial score (nSPS) is 18.4. The van der Waals surface area contributed by atoms with E-state index >= 15 is 0 Å². The molecule has 1 N–H and O–H groups in total. The van der Waals surface area contributed by atoms with E-state index in [1.54, 1.807) is 0 Å². The van der Waals surface area contributed by atoms with Crippen LogP contribution in [0.2, 0.25) is 0 Å². The summed E-state index contributed by atoms with van der Waals surface area (Å²) in [5.74, 6) is 0. The van der Waals surface area contributed by atoms with Gasteiger partial charge in [-0.1, -0.05) is 42.5 Å². The minimum absolute atomic E-state index is 0.142. The van der Waals surface area contributed by atoms with E-state index in [2.05, 4.69) is 11.4 Å². The molecule has 1 aliphatic carbocycles. The lowest BCUT2D eigenvalue weighted by atomic mass is 10.2. The van der Waals surface area contributed by atoms with Crippen LogP contribution >= 0.6 is 0 Å². The standard InChI is InChI=1S/C13H15NO2/c15-13(14-12-8-4-5-9-12)16-10-11-6-2-1-3-7-11/h1-4,6-8,12H,5,9-10H2,(H,14,15). The molecular weight excluding hydrogens is 202 g/mol. The molecule has 2 rings (SSSR count). The summed E-state index contributed by atoms with van der Waals surface area (Å²) in [5.41, 5.74) is 1.000. The molecule has 0 saturated heterocycles. The molecule has 3 nitrogen and oxygen atoms in total. The van der Waals surface area contributed by atoms with Gasteiger partial charge in [0.15, 0.2) is 0 Å². The summed E-state index contributed by atoms with van der Waals surface area (Å²) in [6, 6.07) is 9.80. The number of allylic oxidation sites excluding steroid dienone is 1. The minimum Gasteiger partial charge on any atom is -0.445 e. The zero-order valence-corrected chi connectivity index (χ0v) is 9.06. The van der Waals surface area contributed by atoms with Gasteiger partial charge in [0, 0.05) is 0 Å². The van der Waals surface area contributed by atoms with E-state index in [-0.39, 0.29) is 12.1 Å². The molecule has 1 atom stereocenters. The highest BCUT2D eigenvalue weighted by atomic mass is 16.5. The Balaban J connectivity index is 1.73. The van der Waals surface area contributed by atoms with Crippen molar-refractivity contribution < 1.29 is 9.53 Å². The van der Waals surface area contributed by atoms with Gasteiger partial charge >= 0.3 is 6.09 Å². The SMILES string of the molecule is O=C(NC1C=CCC1)OCc1ccccc1. The van der Waals surface area contributed by atoms with Gasteiger partial charge in [-0.15, -0.1) is 0 Å². The Kier molecular flexibility index (Phi) is 3.59. The van der Waals surface area contributed by atoms with E-state index in [1.165, 1.54) is 0 Å². The minimum atomic E-state index is -0.347. The number of alkyl carbamates (subject to hydrolysis) is 1. The second-order valence-electron chi connectivity index (χ2n) is 3.82. The zero-order chi connectivity index (χ0) is 11.2. The molecule has 84 valence electrons. The molecule has 16 heavy (non-hydrogen) atoms. The topological polar surface area (TPSA) is 38.3 Å².